The van der Waals surface area contributed by atoms with Crippen LogP contribution in [0.5, 0.6) is 0 Å². The van der Waals surface area contributed by atoms with E-state index < -0.39 is 0 Å². The van der Waals surface area contributed by atoms with Gasteiger partial charge in [-0.3, -0.25) is 0 Å². The van der Waals surface area contributed by atoms with Crippen LogP contribution in [-0.4, -0.2) is 0 Å². The number of hydrogen-bond acceptors (Lipinski definition) is 0. The van der Waals surface area contributed by atoms with E-state index in [0.29, 0.717) is 34.2 Å². The molecule has 3 heteroatoms. The number of rotatable bonds is 4. The van der Waals surface area contributed by atoms with Gasteiger partial charge in [0.05, 0.1) is 0 Å². The highest BCUT2D eigenvalue weighted by molar-refractivity contribution is 5.84. The van der Waals surface area contributed by atoms with Gasteiger partial charge in [0.1, 0.15) is 17.5 Å². The Kier molecular flexibility index (Phi) is 4.52. The van der Waals surface area contributed by atoms with Gasteiger partial charge in [0.25, 0.3) is 0 Å². The third-order valence-corrected chi connectivity index (χ3v) is 3.87. The molecule has 0 amide bonds. The summed E-state index contributed by atoms with van der Waals surface area (Å²) in [4.78, 5) is 0. The van der Waals surface area contributed by atoms with E-state index in [-0.39, 0.29) is 17.5 Å². The van der Waals surface area contributed by atoms with Crippen molar-refractivity contribution in [2.24, 2.45) is 0 Å². The summed E-state index contributed by atoms with van der Waals surface area (Å²) in [6.07, 6.45) is 2.02. The highest BCUT2D eigenvalue weighted by atomic mass is 19.1. The zero-order valence-corrected chi connectivity index (χ0v) is 12.9. The third-order valence-electron chi connectivity index (χ3n) is 3.87. The highest BCUT2D eigenvalue weighted by Crippen LogP contribution is 2.36. The van der Waals surface area contributed by atoms with Crippen LogP contribution in [0.25, 0.3) is 22.3 Å². The molecule has 3 aromatic carbocycles. The summed E-state index contributed by atoms with van der Waals surface area (Å²) in [5.74, 6) is -1.11. The molecule has 3 rings (SSSR count). The van der Waals surface area contributed by atoms with Gasteiger partial charge in [0.2, 0.25) is 0 Å². The second-order valence-corrected chi connectivity index (χ2v) is 5.47. The Morgan fingerprint density at radius 1 is 0.708 bits per heavy atom. The van der Waals surface area contributed by atoms with E-state index in [4.69, 9.17) is 0 Å². The minimum absolute atomic E-state index is 0.356. The summed E-state index contributed by atoms with van der Waals surface area (Å²) in [5, 5.41) is 0. The van der Waals surface area contributed by atoms with Crippen LogP contribution < -0.4 is 0 Å². The second kappa shape index (κ2) is 6.75. The molecular weight excluding hydrogens is 309 g/mol. The lowest BCUT2D eigenvalue weighted by atomic mass is 9.91. The lowest BCUT2D eigenvalue weighted by Gasteiger charge is -2.14. The van der Waals surface area contributed by atoms with Crippen LogP contribution in [0.2, 0.25) is 0 Å². The number of benzene rings is 3. The van der Waals surface area contributed by atoms with Gasteiger partial charge in [-0.05, 0) is 52.9 Å². The Bertz CT molecular complexity index is 863. The first-order valence-electron chi connectivity index (χ1n) is 7.54. The Balaban J connectivity index is 2.24. The molecule has 0 unspecified atom stereocenters. The van der Waals surface area contributed by atoms with Crippen LogP contribution in [0.15, 0.2) is 73.3 Å². The summed E-state index contributed by atoms with van der Waals surface area (Å²) < 4.78 is 41.5. The number of hydrogen-bond donors (Lipinski definition) is 0. The molecule has 0 aliphatic heterocycles. The van der Waals surface area contributed by atoms with Gasteiger partial charge in [0, 0.05) is 5.56 Å². The third kappa shape index (κ3) is 3.11. The van der Waals surface area contributed by atoms with Crippen molar-refractivity contribution >= 4 is 0 Å². The van der Waals surface area contributed by atoms with Crippen molar-refractivity contribution < 1.29 is 13.2 Å². The van der Waals surface area contributed by atoms with Crippen LogP contribution in [0, 0.1) is 17.5 Å². The predicted molar refractivity (Wildman–Crippen MR) is 91.1 cm³/mol. The first-order valence-corrected chi connectivity index (χ1v) is 7.54. The maximum Gasteiger partial charge on any atom is 0.135 e. The van der Waals surface area contributed by atoms with E-state index in [0.717, 1.165) is 0 Å². The standard InChI is InChI=1S/C21H15F3/c1-2-3-16-8-13-19(14-4-9-17(22)10-5-14)20(21(16)24)15-6-11-18(23)12-7-15/h2,4-13H,1,3H2. The van der Waals surface area contributed by atoms with Gasteiger partial charge in [-0.2, -0.15) is 0 Å². The Hall–Kier alpha value is -2.81. The molecule has 0 bridgehead atoms. The minimum Gasteiger partial charge on any atom is -0.207 e. The van der Waals surface area contributed by atoms with Crippen molar-refractivity contribution in [2.45, 2.75) is 6.42 Å². The molecule has 0 aromatic heterocycles. The molecule has 3 aromatic rings. The van der Waals surface area contributed by atoms with Crippen molar-refractivity contribution in [3.8, 4) is 22.3 Å². The van der Waals surface area contributed by atoms with Gasteiger partial charge in [-0.15, -0.1) is 6.58 Å². The van der Waals surface area contributed by atoms with Gasteiger partial charge in [0.15, 0.2) is 0 Å². The number of allylic oxidation sites excluding steroid dienone is 1. The molecule has 0 atom stereocenters. The second-order valence-electron chi connectivity index (χ2n) is 5.47. The fourth-order valence-corrected chi connectivity index (χ4v) is 2.70. The summed E-state index contributed by atoms with van der Waals surface area (Å²) in [6.45, 7) is 3.64. The van der Waals surface area contributed by atoms with Crippen molar-refractivity contribution in [2.75, 3.05) is 0 Å². The molecule has 0 nitrogen and oxygen atoms in total. The minimum atomic E-state index is -0.385. The van der Waals surface area contributed by atoms with Gasteiger partial charge in [-0.1, -0.05) is 42.5 Å². The van der Waals surface area contributed by atoms with E-state index >= 15 is 4.39 Å². The lowest BCUT2D eigenvalue weighted by Crippen LogP contribution is -1.96. The fraction of sp³-hybridized carbons (Fsp3) is 0.0476. The Morgan fingerprint density at radius 2 is 1.25 bits per heavy atom. The zero-order chi connectivity index (χ0) is 17.1. The summed E-state index contributed by atoms with van der Waals surface area (Å²) in [6, 6.07) is 15.0. The van der Waals surface area contributed by atoms with Crippen LogP contribution in [0.1, 0.15) is 5.56 Å². The Morgan fingerprint density at radius 3 is 1.79 bits per heavy atom. The van der Waals surface area contributed by atoms with Crippen molar-refractivity contribution in [1.82, 2.24) is 0 Å². The average molecular weight is 324 g/mol. The normalized spacial score (nSPS) is 10.6. The first-order chi connectivity index (χ1) is 11.6. The average Bonchev–Trinajstić information content (AvgIpc) is 2.58. The van der Waals surface area contributed by atoms with Crippen molar-refractivity contribution in [1.29, 1.82) is 0 Å². The molecule has 0 radical (unpaired) electrons. The van der Waals surface area contributed by atoms with E-state index in [1.54, 1.807) is 42.5 Å². The molecule has 120 valence electrons. The quantitative estimate of drug-likeness (QED) is 0.504. The van der Waals surface area contributed by atoms with E-state index in [1.807, 2.05) is 0 Å². The largest absolute Gasteiger partial charge is 0.207 e. The maximum atomic E-state index is 15.1. The number of halogens is 3. The van der Waals surface area contributed by atoms with Crippen molar-refractivity contribution in [3.05, 3.63) is 96.3 Å². The van der Waals surface area contributed by atoms with E-state index in [2.05, 4.69) is 6.58 Å². The molecule has 0 aliphatic carbocycles. The van der Waals surface area contributed by atoms with Gasteiger partial charge >= 0.3 is 0 Å². The first kappa shape index (κ1) is 16.1. The molecule has 0 saturated heterocycles. The maximum absolute atomic E-state index is 15.1. The van der Waals surface area contributed by atoms with E-state index in [1.165, 1.54) is 24.3 Å². The van der Waals surface area contributed by atoms with Crippen LogP contribution in [-0.2, 0) is 6.42 Å². The zero-order valence-electron chi connectivity index (χ0n) is 12.9. The topological polar surface area (TPSA) is 0 Å². The van der Waals surface area contributed by atoms with Gasteiger partial charge in [-0.25, -0.2) is 13.2 Å². The monoisotopic (exact) mass is 324 g/mol. The fourth-order valence-electron chi connectivity index (χ4n) is 2.70. The summed E-state index contributed by atoms with van der Waals surface area (Å²) in [7, 11) is 0. The summed E-state index contributed by atoms with van der Waals surface area (Å²) >= 11 is 0. The molecule has 0 spiro atoms. The predicted octanol–water partition coefficient (Wildman–Crippen LogP) is 6.17. The van der Waals surface area contributed by atoms with Crippen LogP contribution in [0.4, 0.5) is 13.2 Å². The molecule has 0 heterocycles. The van der Waals surface area contributed by atoms with E-state index in [9.17, 15) is 8.78 Å². The molecule has 0 aliphatic rings. The summed E-state index contributed by atoms with van der Waals surface area (Å²) in [5.41, 5.74) is 2.78. The smallest absolute Gasteiger partial charge is 0.135 e. The van der Waals surface area contributed by atoms with Gasteiger partial charge < -0.3 is 0 Å². The lowest BCUT2D eigenvalue weighted by molar-refractivity contribution is 0.617. The molecule has 0 N–H and O–H groups in total. The molecular formula is C21H15F3. The molecule has 0 saturated carbocycles. The SMILES string of the molecule is C=CCc1ccc(-c2ccc(F)cc2)c(-c2ccc(F)cc2)c1F. The molecule has 0 fully saturated rings. The highest BCUT2D eigenvalue weighted by Gasteiger charge is 2.16. The Labute approximate surface area is 138 Å². The van der Waals surface area contributed by atoms with Crippen LogP contribution >= 0.6 is 0 Å². The molecule has 24 heavy (non-hydrogen) atoms. The van der Waals surface area contributed by atoms with Crippen LogP contribution in [0.3, 0.4) is 0 Å². The van der Waals surface area contributed by atoms with Crippen molar-refractivity contribution in [3.63, 3.8) is 0 Å².